The number of nitrogens with zero attached hydrogens (tertiary/aromatic N) is 2. The van der Waals surface area contributed by atoms with Crippen molar-refractivity contribution in [3.63, 3.8) is 0 Å². The summed E-state index contributed by atoms with van der Waals surface area (Å²) < 4.78 is 11.3. The molecule has 0 unspecified atom stereocenters. The Kier molecular flexibility index (Phi) is 5.45. The zero-order valence-corrected chi connectivity index (χ0v) is 17.7. The molecule has 0 spiro atoms. The molecule has 0 saturated carbocycles. The van der Waals surface area contributed by atoms with E-state index < -0.39 is 11.1 Å². The van der Waals surface area contributed by atoms with Gasteiger partial charge in [0.1, 0.15) is 11.1 Å². The first-order valence-electron chi connectivity index (χ1n) is 9.44. The summed E-state index contributed by atoms with van der Waals surface area (Å²) in [4.78, 5) is 18.9. The van der Waals surface area contributed by atoms with Gasteiger partial charge in [-0.3, -0.25) is 10.1 Å². The van der Waals surface area contributed by atoms with Gasteiger partial charge in [0, 0.05) is 4.88 Å². The fourth-order valence-electron chi connectivity index (χ4n) is 3.82. The van der Waals surface area contributed by atoms with Crippen LogP contribution in [0.25, 0.3) is 0 Å². The lowest BCUT2D eigenvalue weighted by molar-refractivity contribution is -0.163. The number of carbonyl (C=O) groups excluding carboxylic acids is 1. The van der Waals surface area contributed by atoms with E-state index in [9.17, 15) is 4.79 Å². The maximum Gasteiger partial charge on any atom is 0.326 e. The third-order valence-electron chi connectivity index (χ3n) is 4.66. The maximum atomic E-state index is 13.3. The van der Waals surface area contributed by atoms with E-state index in [1.54, 1.807) is 11.3 Å². The highest BCUT2D eigenvalue weighted by molar-refractivity contribution is 7.10. The Morgan fingerprint density at radius 2 is 2.22 bits per heavy atom. The summed E-state index contributed by atoms with van der Waals surface area (Å²) in [6, 6.07) is 4.04. The molecular formula is C20H29N3O3S. The van der Waals surface area contributed by atoms with Gasteiger partial charge in [0.15, 0.2) is 5.82 Å². The minimum atomic E-state index is -0.775. The molecule has 0 aromatic carbocycles. The molecule has 0 radical (unpaired) electrons. The van der Waals surface area contributed by atoms with E-state index in [1.807, 2.05) is 39.1 Å². The molecule has 3 heterocycles. The Morgan fingerprint density at radius 3 is 2.74 bits per heavy atom. The first kappa shape index (κ1) is 20.0. The Morgan fingerprint density at radius 1 is 1.48 bits per heavy atom. The molecule has 0 aliphatic carbocycles. The molecule has 1 fully saturated rings. The summed E-state index contributed by atoms with van der Waals surface area (Å²) in [5.74, 6) is 1.23. The number of ether oxygens (including phenoxy) is 1. The molecule has 7 heteroatoms. The van der Waals surface area contributed by atoms with Gasteiger partial charge in [-0.15, -0.1) is 11.3 Å². The van der Waals surface area contributed by atoms with Crippen LogP contribution in [0, 0.1) is 12.8 Å². The van der Waals surface area contributed by atoms with E-state index in [2.05, 4.69) is 35.4 Å². The molecular weight excluding hydrogens is 362 g/mol. The highest BCUT2D eigenvalue weighted by atomic mass is 32.1. The molecule has 1 aliphatic heterocycles. The van der Waals surface area contributed by atoms with Gasteiger partial charge in [0.05, 0.1) is 12.0 Å². The smallest absolute Gasteiger partial charge is 0.326 e. The average molecular weight is 392 g/mol. The number of rotatable bonds is 5. The van der Waals surface area contributed by atoms with Crippen molar-refractivity contribution in [3.8, 4) is 0 Å². The lowest BCUT2D eigenvalue weighted by atomic mass is 9.84. The zero-order chi connectivity index (χ0) is 19.8. The highest BCUT2D eigenvalue weighted by Gasteiger charge is 2.54. The second-order valence-corrected chi connectivity index (χ2v) is 9.79. The Bertz CT molecular complexity index is 779. The van der Waals surface area contributed by atoms with Crippen LogP contribution in [0.1, 0.15) is 76.0 Å². The Hall–Kier alpha value is -1.73. The fraction of sp³-hybridized carbons (Fsp3) is 0.650. The molecule has 6 nitrogen and oxygen atoms in total. The van der Waals surface area contributed by atoms with Crippen LogP contribution in [0.3, 0.4) is 0 Å². The van der Waals surface area contributed by atoms with Crippen LogP contribution in [0.5, 0.6) is 0 Å². The average Bonchev–Trinajstić information content (AvgIpc) is 3.23. The summed E-state index contributed by atoms with van der Waals surface area (Å²) in [7, 11) is 0. The number of aromatic nitrogens is 2. The number of carbonyl (C=O) groups is 1. The normalized spacial score (nSPS) is 25.9. The van der Waals surface area contributed by atoms with Gasteiger partial charge in [-0.05, 0) is 57.9 Å². The molecule has 1 aliphatic rings. The molecule has 0 bridgehead atoms. The van der Waals surface area contributed by atoms with Crippen LogP contribution in [0.4, 0.5) is 0 Å². The van der Waals surface area contributed by atoms with Crippen LogP contribution in [0.15, 0.2) is 22.0 Å². The van der Waals surface area contributed by atoms with Crippen molar-refractivity contribution >= 4 is 17.3 Å². The van der Waals surface area contributed by atoms with Gasteiger partial charge in [-0.2, -0.15) is 4.98 Å². The Balaban J connectivity index is 2.00. The molecule has 2 aromatic heterocycles. The van der Waals surface area contributed by atoms with Crippen LogP contribution in [0.2, 0.25) is 0 Å². The van der Waals surface area contributed by atoms with E-state index >= 15 is 0 Å². The fourth-order valence-corrected chi connectivity index (χ4v) is 4.66. The Labute approximate surface area is 164 Å². The van der Waals surface area contributed by atoms with E-state index in [-0.39, 0.29) is 17.9 Å². The quantitative estimate of drug-likeness (QED) is 0.762. The third-order valence-corrected chi connectivity index (χ3v) is 5.61. The first-order valence-corrected chi connectivity index (χ1v) is 10.3. The van der Waals surface area contributed by atoms with Gasteiger partial charge in [-0.25, -0.2) is 0 Å². The monoisotopic (exact) mass is 391 g/mol. The van der Waals surface area contributed by atoms with Gasteiger partial charge >= 0.3 is 5.97 Å². The summed E-state index contributed by atoms with van der Waals surface area (Å²) in [6.45, 7) is 11.8. The lowest BCUT2D eigenvalue weighted by Gasteiger charge is -2.33. The molecule has 27 heavy (non-hydrogen) atoms. The third kappa shape index (κ3) is 4.41. The summed E-state index contributed by atoms with van der Waals surface area (Å²) in [5, 5.41) is 9.63. The summed E-state index contributed by atoms with van der Waals surface area (Å²) >= 11 is 1.67. The predicted molar refractivity (Wildman–Crippen MR) is 105 cm³/mol. The predicted octanol–water partition coefficient (Wildman–Crippen LogP) is 4.38. The first-order chi connectivity index (χ1) is 12.6. The number of thiophene rings is 1. The minimum Gasteiger partial charge on any atom is -0.459 e. The number of hydrogen-bond donors (Lipinski definition) is 1. The molecule has 1 N–H and O–H groups in total. The van der Waals surface area contributed by atoms with Crippen LogP contribution < -0.4 is 5.32 Å². The topological polar surface area (TPSA) is 77.2 Å². The van der Waals surface area contributed by atoms with E-state index in [4.69, 9.17) is 9.26 Å². The lowest BCUT2D eigenvalue weighted by Crippen LogP contribution is -2.51. The molecule has 3 rings (SSSR count). The van der Waals surface area contributed by atoms with Crippen molar-refractivity contribution in [2.24, 2.45) is 5.92 Å². The highest BCUT2D eigenvalue weighted by Crippen LogP contribution is 2.48. The standard InChI is InChI=1S/C20H29N3O3S/c1-12(2)10-20(18(24)25-19(4,5)6)11-14(17-21-13(3)23-26-17)16(22-20)15-8-7-9-27-15/h7-9,12,14,16,22H,10-11H2,1-6H3/t14-,16-,20+/m1/s1. The van der Waals surface area contributed by atoms with Crippen molar-refractivity contribution in [3.05, 3.63) is 34.1 Å². The van der Waals surface area contributed by atoms with Crippen LogP contribution in [-0.4, -0.2) is 27.2 Å². The second kappa shape index (κ2) is 7.36. The van der Waals surface area contributed by atoms with E-state index in [0.717, 1.165) is 4.88 Å². The largest absolute Gasteiger partial charge is 0.459 e. The van der Waals surface area contributed by atoms with Crippen molar-refractivity contribution in [2.45, 2.75) is 77.5 Å². The number of nitrogens with one attached hydrogen (secondary N) is 1. The van der Waals surface area contributed by atoms with E-state index in [1.165, 1.54) is 0 Å². The van der Waals surface area contributed by atoms with Crippen molar-refractivity contribution in [1.82, 2.24) is 15.5 Å². The molecule has 148 valence electrons. The van der Waals surface area contributed by atoms with Gasteiger partial charge in [-0.1, -0.05) is 25.1 Å². The molecule has 3 atom stereocenters. The summed E-state index contributed by atoms with van der Waals surface area (Å²) in [6.07, 6.45) is 1.26. The number of hydrogen-bond acceptors (Lipinski definition) is 7. The van der Waals surface area contributed by atoms with Crippen LogP contribution in [-0.2, 0) is 9.53 Å². The van der Waals surface area contributed by atoms with Crippen molar-refractivity contribution < 1.29 is 14.1 Å². The maximum absolute atomic E-state index is 13.3. The minimum absolute atomic E-state index is 0.0591. The zero-order valence-electron chi connectivity index (χ0n) is 16.9. The molecule has 1 saturated heterocycles. The van der Waals surface area contributed by atoms with E-state index in [0.29, 0.717) is 30.5 Å². The number of esters is 1. The van der Waals surface area contributed by atoms with Crippen molar-refractivity contribution in [1.29, 1.82) is 0 Å². The van der Waals surface area contributed by atoms with Crippen molar-refractivity contribution in [2.75, 3.05) is 0 Å². The molecule has 0 amide bonds. The number of aryl methyl sites for hydroxylation is 1. The van der Waals surface area contributed by atoms with Gasteiger partial charge in [0.2, 0.25) is 5.89 Å². The SMILES string of the molecule is Cc1noc([C@@H]2C[C@@](CC(C)C)(C(=O)OC(C)(C)C)N[C@H]2c2cccs2)n1. The summed E-state index contributed by atoms with van der Waals surface area (Å²) in [5.41, 5.74) is -1.32. The van der Waals surface area contributed by atoms with Gasteiger partial charge < -0.3 is 9.26 Å². The van der Waals surface area contributed by atoms with Crippen LogP contribution >= 0.6 is 11.3 Å². The van der Waals surface area contributed by atoms with Gasteiger partial charge in [0.25, 0.3) is 0 Å². The molecule has 2 aromatic rings. The second-order valence-electron chi connectivity index (χ2n) is 8.81.